The summed E-state index contributed by atoms with van der Waals surface area (Å²) in [6, 6.07) is 21.0. The molecule has 3 N–H and O–H groups in total. The first-order valence-electron chi connectivity index (χ1n) is 11.2. The van der Waals surface area contributed by atoms with Gasteiger partial charge in [0.2, 0.25) is 0 Å². The van der Waals surface area contributed by atoms with E-state index >= 15 is 0 Å². The lowest BCUT2D eigenvalue weighted by Gasteiger charge is -2.20. The van der Waals surface area contributed by atoms with Crippen LogP contribution < -0.4 is 24.8 Å². The van der Waals surface area contributed by atoms with Crippen LogP contribution in [0.2, 0.25) is 0 Å². The van der Waals surface area contributed by atoms with Gasteiger partial charge in [-0.2, -0.15) is 0 Å². The number of para-hydroxylation sites is 3. The Morgan fingerprint density at radius 1 is 0.941 bits per heavy atom. The number of ether oxygens (including phenoxy) is 3. The molecule has 7 nitrogen and oxygen atoms in total. The minimum atomic E-state index is -0.308. The maximum absolute atomic E-state index is 12.8. The van der Waals surface area contributed by atoms with Crippen LogP contribution in [0.25, 0.3) is 10.9 Å². The van der Waals surface area contributed by atoms with E-state index < -0.39 is 0 Å². The normalized spacial score (nSPS) is 11.6. The number of benzene rings is 3. The first-order chi connectivity index (χ1) is 16.6. The number of nitrogens with one attached hydrogen (secondary N) is 3. The molecule has 0 aliphatic rings. The molecule has 1 atom stereocenters. The first-order valence-corrected chi connectivity index (χ1v) is 11.2. The third-order valence-electron chi connectivity index (χ3n) is 5.71. The lowest BCUT2D eigenvalue weighted by molar-refractivity contribution is 0.251. The van der Waals surface area contributed by atoms with Crippen molar-refractivity contribution >= 4 is 22.6 Å². The van der Waals surface area contributed by atoms with Gasteiger partial charge in [0, 0.05) is 29.6 Å². The van der Waals surface area contributed by atoms with Crippen LogP contribution in [0.5, 0.6) is 17.2 Å². The van der Waals surface area contributed by atoms with Gasteiger partial charge in [-0.3, -0.25) is 0 Å². The van der Waals surface area contributed by atoms with Crippen molar-refractivity contribution in [3.63, 3.8) is 0 Å². The molecule has 0 aliphatic heterocycles. The van der Waals surface area contributed by atoms with Crippen molar-refractivity contribution in [3.05, 3.63) is 84.1 Å². The Balaban J connectivity index is 1.61. The molecule has 0 spiro atoms. The van der Waals surface area contributed by atoms with E-state index in [1.807, 2.05) is 73.8 Å². The minimum Gasteiger partial charge on any atom is -0.493 e. The lowest BCUT2D eigenvalue weighted by atomic mass is 9.90. The van der Waals surface area contributed by atoms with E-state index in [4.69, 9.17) is 14.2 Å². The highest BCUT2D eigenvalue weighted by Crippen LogP contribution is 2.35. The second-order valence-corrected chi connectivity index (χ2v) is 7.72. The van der Waals surface area contributed by atoms with E-state index in [9.17, 15) is 4.79 Å². The van der Waals surface area contributed by atoms with Crippen LogP contribution in [-0.2, 0) is 0 Å². The summed E-state index contributed by atoms with van der Waals surface area (Å²) in [6.45, 7) is 2.80. The molecule has 7 heteroatoms. The highest BCUT2D eigenvalue weighted by Gasteiger charge is 2.21. The van der Waals surface area contributed by atoms with E-state index in [1.54, 1.807) is 14.2 Å². The molecule has 1 heterocycles. The average molecular weight is 460 g/mol. The number of carbonyl (C=O) groups excluding carboxylic acids is 1. The van der Waals surface area contributed by atoms with Crippen molar-refractivity contribution in [2.75, 3.05) is 32.7 Å². The number of methoxy groups -OCH3 is 2. The third kappa shape index (κ3) is 4.93. The standard InChI is InChI=1S/C27H29N3O4/c1-4-34-24-12-8-7-11-23(24)30-27(31)29-16-20(18-13-14-25(32-2)26(15-18)33-3)21-17-28-22-10-6-5-9-19(21)22/h5-15,17,20,28H,4,16H2,1-3H3,(H2,29,30,31). The van der Waals surface area contributed by atoms with E-state index in [2.05, 4.69) is 21.7 Å². The summed E-state index contributed by atoms with van der Waals surface area (Å²) in [7, 11) is 3.23. The van der Waals surface area contributed by atoms with E-state index in [1.165, 1.54) is 0 Å². The maximum atomic E-state index is 12.8. The second kappa shape index (κ2) is 10.7. The molecule has 0 saturated heterocycles. The first kappa shape index (κ1) is 23.0. The molecule has 0 bridgehead atoms. The third-order valence-corrected chi connectivity index (χ3v) is 5.71. The summed E-state index contributed by atoms with van der Waals surface area (Å²) in [5, 5.41) is 7.03. The van der Waals surface area contributed by atoms with Gasteiger partial charge in [0.15, 0.2) is 11.5 Å². The van der Waals surface area contributed by atoms with Crippen molar-refractivity contribution in [2.45, 2.75) is 12.8 Å². The van der Waals surface area contributed by atoms with Crippen molar-refractivity contribution < 1.29 is 19.0 Å². The van der Waals surface area contributed by atoms with Gasteiger partial charge in [-0.05, 0) is 48.4 Å². The van der Waals surface area contributed by atoms with Crippen molar-refractivity contribution in [2.24, 2.45) is 0 Å². The molecular formula is C27H29N3O4. The van der Waals surface area contributed by atoms with Gasteiger partial charge in [-0.1, -0.05) is 36.4 Å². The predicted molar refractivity (Wildman–Crippen MR) is 134 cm³/mol. The van der Waals surface area contributed by atoms with Crippen LogP contribution in [0.1, 0.15) is 24.0 Å². The van der Waals surface area contributed by atoms with Gasteiger partial charge >= 0.3 is 6.03 Å². The molecule has 34 heavy (non-hydrogen) atoms. The molecule has 4 rings (SSSR count). The van der Waals surface area contributed by atoms with Gasteiger partial charge in [0.1, 0.15) is 5.75 Å². The smallest absolute Gasteiger partial charge is 0.319 e. The number of carbonyl (C=O) groups is 1. The number of hydrogen-bond donors (Lipinski definition) is 3. The Morgan fingerprint density at radius 3 is 2.50 bits per heavy atom. The summed E-state index contributed by atoms with van der Waals surface area (Å²) >= 11 is 0. The molecule has 0 saturated carbocycles. The molecular weight excluding hydrogens is 430 g/mol. The van der Waals surface area contributed by atoms with E-state index in [0.717, 1.165) is 22.0 Å². The summed E-state index contributed by atoms with van der Waals surface area (Å²) in [5.41, 5.74) is 3.74. The number of rotatable bonds is 9. The van der Waals surface area contributed by atoms with Crippen LogP contribution in [0.15, 0.2) is 72.9 Å². The van der Waals surface area contributed by atoms with Gasteiger partial charge in [-0.25, -0.2) is 4.79 Å². The highest BCUT2D eigenvalue weighted by atomic mass is 16.5. The molecule has 1 unspecified atom stereocenters. The SMILES string of the molecule is CCOc1ccccc1NC(=O)NCC(c1ccc(OC)c(OC)c1)c1c[nH]c2ccccc12. The number of hydrogen-bond acceptors (Lipinski definition) is 4. The summed E-state index contributed by atoms with van der Waals surface area (Å²) in [6.07, 6.45) is 2.00. The topological polar surface area (TPSA) is 84.6 Å². The van der Waals surface area contributed by atoms with Gasteiger partial charge in [-0.15, -0.1) is 0 Å². The Morgan fingerprint density at radius 2 is 1.71 bits per heavy atom. The number of fused-ring (bicyclic) bond motifs is 1. The Labute approximate surface area is 199 Å². The zero-order chi connectivity index (χ0) is 23.9. The lowest BCUT2D eigenvalue weighted by Crippen LogP contribution is -2.32. The van der Waals surface area contributed by atoms with Gasteiger partial charge in [0.05, 0.1) is 26.5 Å². The fraction of sp³-hybridized carbons (Fsp3) is 0.222. The van der Waals surface area contributed by atoms with Crippen molar-refractivity contribution in [1.29, 1.82) is 0 Å². The number of anilines is 1. The molecule has 0 radical (unpaired) electrons. The van der Waals surface area contributed by atoms with Crippen LogP contribution in [0.4, 0.5) is 10.5 Å². The fourth-order valence-corrected chi connectivity index (χ4v) is 4.07. The van der Waals surface area contributed by atoms with Crippen molar-refractivity contribution in [1.82, 2.24) is 10.3 Å². The minimum absolute atomic E-state index is 0.121. The van der Waals surface area contributed by atoms with Crippen LogP contribution in [0.3, 0.4) is 0 Å². The number of aromatic amines is 1. The molecule has 176 valence electrons. The Bertz CT molecular complexity index is 1270. The maximum Gasteiger partial charge on any atom is 0.319 e. The number of urea groups is 1. The van der Waals surface area contributed by atoms with Gasteiger partial charge in [0.25, 0.3) is 0 Å². The van der Waals surface area contributed by atoms with Gasteiger partial charge < -0.3 is 29.8 Å². The number of H-pyrrole nitrogens is 1. The van der Waals surface area contributed by atoms with E-state index in [0.29, 0.717) is 36.1 Å². The molecule has 0 fully saturated rings. The van der Waals surface area contributed by atoms with E-state index in [-0.39, 0.29) is 11.9 Å². The molecule has 1 aromatic heterocycles. The molecule has 2 amide bonds. The Hall–Kier alpha value is -4.13. The number of amides is 2. The van der Waals surface area contributed by atoms with Crippen LogP contribution in [0, 0.1) is 0 Å². The molecule has 3 aromatic carbocycles. The van der Waals surface area contributed by atoms with Crippen LogP contribution >= 0.6 is 0 Å². The molecule has 0 aliphatic carbocycles. The largest absolute Gasteiger partial charge is 0.493 e. The Kier molecular flexibility index (Phi) is 7.22. The van der Waals surface area contributed by atoms with Crippen LogP contribution in [-0.4, -0.2) is 38.4 Å². The monoisotopic (exact) mass is 459 g/mol. The quantitative estimate of drug-likeness (QED) is 0.307. The number of aromatic nitrogens is 1. The highest BCUT2D eigenvalue weighted by molar-refractivity contribution is 5.91. The zero-order valence-electron chi connectivity index (χ0n) is 19.6. The van der Waals surface area contributed by atoms with Crippen molar-refractivity contribution in [3.8, 4) is 17.2 Å². The average Bonchev–Trinajstić information content (AvgIpc) is 3.29. The molecule has 4 aromatic rings. The fourth-order valence-electron chi connectivity index (χ4n) is 4.07. The summed E-state index contributed by atoms with van der Waals surface area (Å²) < 4.78 is 16.5. The predicted octanol–water partition coefficient (Wildman–Crippen LogP) is 5.54. The summed E-state index contributed by atoms with van der Waals surface area (Å²) in [4.78, 5) is 16.2. The summed E-state index contributed by atoms with van der Waals surface area (Å²) in [5.74, 6) is 1.80. The second-order valence-electron chi connectivity index (χ2n) is 7.72. The zero-order valence-corrected chi connectivity index (χ0v) is 19.6.